The summed E-state index contributed by atoms with van der Waals surface area (Å²) in [6, 6.07) is 8.55. The van der Waals surface area contributed by atoms with Crippen LogP contribution in [0.25, 0.3) is 10.9 Å². The molecule has 0 spiro atoms. The first kappa shape index (κ1) is 9.53. The molecule has 2 heteroatoms. The summed E-state index contributed by atoms with van der Waals surface area (Å²) in [5.41, 5.74) is 2.42. The summed E-state index contributed by atoms with van der Waals surface area (Å²) in [5, 5.41) is 1.32. The first-order valence-corrected chi connectivity index (χ1v) is 6.95. The average molecular weight is 205 g/mol. The lowest BCUT2D eigenvalue weighted by molar-refractivity contribution is 1.32. The third-order valence-electron chi connectivity index (χ3n) is 2.43. The monoisotopic (exact) mass is 205 g/mol. The maximum absolute atomic E-state index is 4.43. The molecule has 0 atom stereocenters. The van der Waals surface area contributed by atoms with Crippen molar-refractivity contribution in [2.75, 3.05) is 12.5 Å². The zero-order valence-electron chi connectivity index (χ0n) is 8.78. The quantitative estimate of drug-likeness (QED) is 0.706. The smallest absolute Gasteiger partial charge is 0.0741 e. The van der Waals surface area contributed by atoms with Gasteiger partial charge in [0.1, 0.15) is 0 Å². The Bertz CT molecular complexity index is 463. The fraction of sp³-hybridized carbons (Fsp3) is 0.250. The summed E-state index contributed by atoms with van der Waals surface area (Å²) in [6.07, 6.45) is 6.49. The zero-order valence-corrected chi connectivity index (χ0v) is 9.68. The van der Waals surface area contributed by atoms with E-state index in [4.69, 9.17) is 0 Å². The third kappa shape index (κ3) is 1.50. The summed E-state index contributed by atoms with van der Waals surface area (Å²) < 4.78 is 0. The second-order valence-electron chi connectivity index (χ2n) is 3.70. The maximum Gasteiger partial charge on any atom is 0.0741 e. The lowest BCUT2D eigenvalue weighted by atomic mass is 10.1. The molecule has 1 heterocycles. The van der Waals surface area contributed by atoms with Crippen molar-refractivity contribution in [2.45, 2.75) is 11.8 Å². The summed E-state index contributed by atoms with van der Waals surface area (Å²) in [5.74, 6) is 0. The van der Waals surface area contributed by atoms with Gasteiger partial charge in [-0.15, -0.1) is 0 Å². The number of hydrogen-bond donors (Lipinski definition) is 1. The number of benzene rings is 1. The molecule has 0 aliphatic rings. The van der Waals surface area contributed by atoms with Crippen molar-refractivity contribution in [3.8, 4) is 0 Å². The molecule has 0 radical (unpaired) electrons. The molecule has 2 rings (SSSR count). The van der Waals surface area contributed by atoms with E-state index in [2.05, 4.69) is 48.7 Å². The Kier molecular flexibility index (Phi) is 2.46. The number of para-hydroxylation sites is 1. The highest BCUT2D eigenvalue weighted by Gasteiger charge is 2.04. The van der Waals surface area contributed by atoms with E-state index in [0.29, 0.717) is 0 Å². The minimum atomic E-state index is -0.0478. The number of fused-ring (bicyclic) bond motifs is 1. The van der Waals surface area contributed by atoms with Gasteiger partial charge in [-0.1, -0.05) is 18.2 Å². The van der Waals surface area contributed by atoms with Gasteiger partial charge in [0.05, 0.1) is 5.52 Å². The summed E-state index contributed by atoms with van der Waals surface area (Å²) in [6.45, 7) is 2.12. The Balaban J connectivity index is 2.81. The topological polar surface area (TPSA) is 12.9 Å². The lowest BCUT2D eigenvalue weighted by Crippen LogP contribution is -1.87. The van der Waals surface area contributed by atoms with Gasteiger partial charge in [0.2, 0.25) is 0 Å². The highest BCUT2D eigenvalue weighted by Crippen LogP contribution is 2.34. The maximum atomic E-state index is 4.43. The van der Waals surface area contributed by atoms with Crippen LogP contribution in [0.1, 0.15) is 5.56 Å². The Morgan fingerprint density at radius 1 is 1.14 bits per heavy atom. The second kappa shape index (κ2) is 3.62. The molecule has 2 aromatic rings. The van der Waals surface area contributed by atoms with Gasteiger partial charge < -0.3 is 0 Å². The van der Waals surface area contributed by atoms with E-state index in [1.165, 1.54) is 15.8 Å². The first-order chi connectivity index (χ1) is 6.70. The predicted molar refractivity (Wildman–Crippen MR) is 65.6 cm³/mol. The molecule has 0 unspecified atom stereocenters. The van der Waals surface area contributed by atoms with Gasteiger partial charge in [-0.25, -0.2) is 10.9 Å². The van der Waals surface area contributed by atoms with Crippen LogP contribution >= 0.6 is 10.9 Å². The predicted octanol–water partition coefficient (Wildman–Crippen LogP) is 3.16. The Morgan fingerprint density at radius 2 is 1.93 bits per heavy atom. The molecule has 1 nitrogen and oxygen atoms in total. The minimum Gasteiger partial charge on any atom is -0.256 e. The molecular formula is C12H15NS. The van der Waals surface area contributed by atoms with Crippen molar-refractivity contribution in [3.05, 3.63) is 36.0 Å². The molecule has 14 heavy (non-hydrogen) atoms. The third-order valence-corrected chi connectivity index (χ3v) is 3.79. The van der Waals surface area contributed by atoms with E-state index in [1.54, 1.807) is 0 Å². The van der Waals surface area contributed by atoms with Gasteiger partial charge in [0.15, 0.2) is 0 Å². The van der Waals surface area contributed by atoms with Crippen LogP contribution in [0.4, 0.5) is 0 Å². The van der Waals surface area contributed by atoms with E-state index in [0.717, 1.165) is 5.52 Å². The zero-order chi connectivity index (χ0) is 10.1. The molecule has 0 N–H and O–H groups in total. The number of aromatic nitrogens is 1. The van der Waals surface area contributed by atoms with Gasteiger partial charge in [-0.2, -0.15) is 0 Å². The van der Waals surface area contributed by atoms with Crippen LogP contribution in [-0.2, 0) is 0 Å². The molecule has 0 fully saturated rings. The molecule has 0 amide bonds. The van der Waals surface area contributed by atoms with Gasteiger partial charge in [0.25, 0.3) is 0 Å². The van der Waals surface area contributed by atoms with Crippen molar-refractivity contribution in [1.29, 1.82) is 0 Å². The van der Waals surface area contributed by atoms with Gasteiger partial charge in [-0.3, -0.25) is 4.98 Å². The molecule has 0 aliphatic carbocycles. The summed E-state index contributed by atoms with van der Waals surface area (Å²) >= 11 is 0. The number of thiol groups is 1. The molecule has 74 valence electrons. The van der Waals surface area contributed by atoms with Gasteiger partial charge >= 0.3 is 0 Å². The Labute approximate surface area is 87.5 Å². The normalized spacial score (nSPS) is 11.8. The Morgan fingerprint density at radius 3 is 2.64 bits per heavy atom. The second-order valence-corrected chi connectivity index (χ2v) is 5.97. The van der Waals surface area contributed by atoms with Gasteiger partial charge in [-0.05, 0) is 36.0 Å². The lowest BCUT2D eigenvalue weighted by Gasteiger charge is -2.13. The van der Waals surface area contributed by atoms with Crippen molar-refractivity contribution in [2.24, 2.45) is 0 Å². The average Bonchev–Trinajstić information content (AvgIpc) is 2.17. The van der Waals surface area contributed by atoms with E-state index < -0.39 is 0 Å². The van der Waals surface area contributed by atoms with E-state index in [9.17, 15) is 0 Å². The highest BCUT2D eigenvalue weighted by atomic mass is 32.2. The summed E-state index contributed by atoms with van der Waals surface area (Å²) in [7, 11) is -0.0478. The van der Waals surface area contributed by atoms with Gasteiger partial charge in [0, 0.05) is 11.6 Å². The number of hydrogen-bond acceptors (Lipinski definition) is 1. The molecule has 0 saturated heterocycles. The Hall–Kier alpha value is -1.02. The van der Waals surface area contributed by atoms with E-state index >= 15 is 0 Å². The van der Waals surface area contributed by atoms with Crippen molar-refractivity contribution >= 4 is 21.8 Å². The molecular weight excluding hydrogens is 190 g/mol. The molecule has 1 aromatic heterocycles. The number of rotatable bonds is 1. The van der Waals surface area contributed by atoms with E-state index in [-0.39, 0.29) is 10.9 Å². The van der Waals surface area contributed by atoms with Crippen LogP contribution in [0, 0.1) is 6.92 Å². The standard InChI is InChI=1S/C12H15NS/c1-9-5-4-6-10-11(14(2)3)7-8-13-12(9)10/h4-8,14H,1-3H3. The fourth-order valence-electron chi connectivity index (χ4n) is 1.70. The minimum absolute atomic E-state index is 0.0478. The van der Waals surface area contributed by atoms with Crippen LogP contribution in [0.2, 0.25) is 0 Å². The molecule has 0 bridgehead atoms. The number of nitrogens with zero attached hydrogens (tertiary/aromatic N) is 1. The molecule has 1 aromatic carbocycles. The van der Waals surface area contributed by atoms with Crippen molar-refractivity contribution in [1.82, 2.24) is 4.98 Å². The molecule has 0 aliphatic heterocycles. The van der Waals surface area contributed by atoms with Crippen LogP contribution in [0.15, 0.2) is 35.4 Å². The van der Waals surface area contributed by atoms with Crippen LogP contribution < -0.4 is 0 Å². The number of aryl methyl sites for hydroxylation is 1. The fourth-order valence-corrected chi connectivity index (χ4v) is 2.73. The summed E-state index contributed by atoms with van der Waals surface area (Å²) in [4.78, 5) is 5.89. The SMILES string of the molecule is Cc1cccc2c([SH](C)C)ccnc12. The molecule has 0 saturated carbocycles. The first-order valence-electron chi connectivity index (χ1n) is 4.72. The van der Waals surface area contributed by atoms with Crippen LogP contribution in [-0.4, -0.2) is 17.5 Å². The largest absolute Gasteiger partial charge is 0.256 e. The van der Waals surface area contributed by atoms with Crippen LogP contribution in [0.5, 0.6) is 0 Å². The van der Waals surface area contributed by atoms with Crippen LogP contribution in [0.3, 0.4) is 0 Å². The van der Waals surface area contributed by atoms with Crippen molar-refractivity contribution < 1.29 is 0 Å². The number of pyridine rings is 1. The van der Waals surface area contributed by atoms with Crippen molar-refractivity contribution in [3.63, 3.8) is 0 Å². The van der Waals surface area contributed by atoms with E-state index in [1.807, 2.05) is 6.20 Å². The highest BCUT2D eigenvalue weighted by molar-refractivity contribution is 8.16.